The van der Waals surface area contributed by atoms with Crippen LogP contribution in [-0.4, -0.2) is 55.9 Å². The minimum Gasteiger partial charge on any atom is -0.494 e. The molecule has 1 heterocycles. The predicted molar refractivity (Wildman–Crippen MR) is 132 cm³/mol. The largest absolute Gasteiger partial charge is 0.494 e. The van der Waals surface area contributed by atoms with Gasteiger partial charge in [0.25, 0.3) is 5.91 Å². The number of alkyl halides is 3. The number of amides is 1. The molecule has 1 amide bonds. The Balaban J connectivity index is 1.61. The summed E-state index contributed by atoms with van der Waals surface area (Å²) >= 11 is 0. The molecule has 2 aliphatic rings. The third-order valence-corrected chi connectivity index (χ3v) is 6.59. The van der Waals surface area contributed by atoms with E-state index in [0.717, 1.165) is 12.8 Å². The number of hydroxylamine groups is 2. The van der Waals surface area contributed by atoms with Crippen LogP contribution in [0.15, 0.2) is 36.4 Å². The second-order valence-corrected chi connectivity index (χ2v) is 9.56. The number of methoxy groups -OCH3 is 1. The smallest absolute Gasteiger partial charge is 0.493 e. The van der Waals surface area contributed by atoms with Gasteiger partial charge in [-0.2, -0.15) is 18.2 Å². The Kier molecular flexibility index (Phi) is 8.29. The zero-order valence-electron chi connectivity index (χ0n) is 20.9. The summed E-state index contributed by atoms with van der Waals surface area (Å²) in [6.07, 6.45) is -2.42. The summed E-state index contributed by atoms with van der Waals surface area (Å²) in [5.74, 6) is -3.76. The van der Waals surface area contributed by atoms with E-state index in [9.17, 15) is 27.2 Å². The Hall–Kier alpha value is -3.54. The first-order valence-corrected chi connectivity index (χ1v) is 12.4. The van der Waals surface area contributed by atoms with Crippen LogP contribution in [0, 0.1) is 11.7 Å². The molecule has 0 unspecified atom stereocenters. The molecule has 0 atom stereocenters. The van der Waals surface area contributed by atoms with Gasteiger partial charge in [-0.05, 0) is 67.5 Å². The fourth-order valence-electron chi connectivity index (χ4n) is 4.24. The van der Waals surface area contributed by atoms with Crippen LogP contribution in [0.3, 0.4) is 0 Å². The molecule has 8 nitrogen and oxygen atoms in total. The number of nitrogens with zero attached hydrogens (tertiary/aromatic N) is 2. The molecule has 2 fully saturated rings. The van der Waals surface area contributed by atoms with Crippen LogP contribution in [0.2, 0.25) is 0 Å². The molecule has 0 spiro atoms. The molecule has 1 saturated carbocycles. The minimum absolute atomic E-state index is 0.0235. The Bertz CT molecular complexity index is 1160. The highest BCUT2D eigenvalue weighted by Crippen LogP contribution is 2.33. The van der Waals surface area contributed by atoms with Gasteiger partial charge in [0.2, 0.25) is 0 Å². The lowest BCUT2D eigenvalue weighted by molar-refractivity contribution is -0.229. The van der Waals surface area contributed by atoms with Gasteiger partial charge in [-0.25, -0.2) is 9.18 Å². The molecule has 4 rings (SSSR count). The summed E-state index contributed by atoms with van der Waals surface area (Å²) in [5.41, 5.74) is 7.70. The van der Waals surface area contributed by atoms with Gasteiger partial charge in [0.15, 0.2) is 11.6 Å². The number of anilines is 2. The maximum absolute atomic E-state index is 14.1. The molecule has 1 aliphatic carbocycles. The van der Waals surface area contributed by atoms with Gasteiger partial charge in [0.1, 0.15) is 0 Å². The average molecular weight is 539 g/mol. The van der Waals surface area contributed by atoms with Crippen molar-refractivity contribution >= 4 is 23.3 Å². The third-order valence-electron chi connectivity index (χ3n) is 6.59. The van der Waals surface area contributed by atoms with Crippen molar-refractivity contribution in [3.05, 3.63) is 53.3 Å². The van der Waals surface area contributed by atoms with Crippen LogP contribution in [0.4, 0.5) is 28.9 Å². The molecule has 1 saturated heterocycles. The van der Waals surface area contributed by atoms with Gasteiger partial charge < -0.3 is 25.5 Å². The first-order valence-electron chi connectivity index (χ1n) is 12.4. The number of hydrogen-bond donors (Lipinski definition) is 2. The fourth-order valence-corrected chi connectivity index (χ4v) is 4.24. The number of carbonyl (C=O) groups is 2. The van der Waals surface area contributed by atoms with Gasteiger partial charge >= 0.3 is 12.1 Å². The zero-order valence-corrected chi connectivity index (χ0v) is 20.9. The lowest BCUT2D eigenvalue weighted by Crippen LogP contribution is -2.42. The lowest BCUT2D eigenvalue weighted by atomic mass is 10.0. The van der Waals surface area contributed by atoms with Crippen LogP contribution in [0.1, 0.15) is 41.6 Å². The monoisotopic (exact) mass is 538 g/mol. The molecule has 12 heteroatoms. The molecular weight excluding hydrogens is 508 g/mol. The second kappa shape index (κ2) is 11.5. The number of nitrogens with one attached hydrogen (secondary N) is 1. The van der Waals surface area contributed by atoms with E-state index in [1.165, 1.54) is 25.3 Å². The van der Waals surface area contributed by atoms with E-state index in [0.29, 0.717) is 47.9 Å². The van der Waals surface area contributed by atoms with E-state index < -0.39 is 23.9 Å². The molecule has 2 aromatic carbocycles. The van der Waals surface area contributed by atoms with E-state index in [1.54, 1.807) is 18.2 Å². The Morgan fingerprint density at radius 3 is 2.42 bits per heavy atom. The van der Waals surface area contributed by atoms with E-state index in [1.807, 2.05) is 4.90 Å². The van der Waals surface area contributed by atoms with Crippen molar-refractivity contribution in [2.45, 2.75) is 44.4 Å². The molecule has 0 bridgehead atoms. The fraction of sp³-hybridized carbons (Fsp3) is 0.462. The van der Waals surface area contributed by atoms with Crippen molar-refractivity contribution in [1.82, 2.24) is 5.06 Å². The Labute approximate surface area is 217 Å². The first-order chi connectivity index (χ1) is 18.0. The van der Waals surface area contributed by atoms with Crippen molar-refractivity contribution < 1.29 is 36.7 Å². The molecule has 2 aromatic rings. The molecule has 0 radical (unpaired) electrons. The number of ether oxygens (including phenoxy) is 1. The highest BCUT2D eigenvalue weighted by Gasteiger charge is 2.44. The Morgan fingerprint density at radius 2 is 1.82 bits per heavy atom. The van der Waals surface area contributed by atoms with Crippen molar-refractivity contribution in [2.75, 3.05) is 37.0 Å². The number of nitrogens with two attached hydrogens (primary N) is 1. The summed E-state index contributed by atoms with van der Waals surface area (Å²) in [6, 6.07) is 9.45. The van der Waals surface area contributed by atoms with Gasteiger partial charge in [0.05, 0.1) is 19.2 Å². The van der Waals surface area contributed by atoms with Crippen molar-refractivity contribution in [2.24, 2.45) is 11.7 Å². The van der Waals surface area contributed by atoms with Gasteiger partial charge in [-0.3, -0.25) is 4.79 Å². The summed E-state index contributed by atoms with van der Waals surface area (Å²) in [6.45, 7) is 1.20. The number of carbonyl (C=O) groups excluding carboxylic acids is 2. The van der Waals surface area contributed by atoms with Gasteiger partial charge in [-0.1, -0.05) is 6.07 Å². The second-order valence-electron chi connectivity index (χ2n) is 9.56. The number of rotatable bonds is 8. The van der Waals surface area contributed by atoms with Gasteiger partial charge in [-0.15, -0.1) is 0 Å². The minimum atomic E-state index is -5.25. The summed E-state index contributed by atoms with van der Waals surface area (Å²) < 4.78 is 57.9. The normalized spacial score (nSPS) is 16.2. The number of piperidine rings is 1. The molecule has 0 aromatic heterocycles. The van der Waals surface area contributed by atoms with E-state index >= 15 is 0 Å². The highest BCUT2D eigenvalue weighted by molar-refractivity contribution is 6.01. The van der Waals surface area contributed by atoms with Crippen LogP contribution in [0.5, 0.6) is 5.75 Å². The molecule has 3 N–H and O–H groups in total. The topological polar surface area (TPSA) is 97.1 Å². The van der Waals surface area contributed by atoms with Crippen LogP contribution >= 0.6 is 0 Å². The number of benzene rings is 2. The van der Waals surface area contributed by atoms with E-state index in [2.05, 4.69) is 10.2 Å². The maximum Gasteiger partial charge on any atom is 0.493 e. The van der Waals surface area contributed by atoms with Crippen molar-refractivity contribution in [3.8, 4) is 5.75 Å². The summed E-state index contributed by atoms with van der Waals surface area (Å²) in [5, 5.41) is 3.63. The zero-order chi connectivity index (χ0) is 27.4. The number of halogens is 4. The van der Waals surface area contributed by atoms with Crippen molar-refractivity contribution in [1.29, 1.82) is 0 Å². The first kappa shape index (κ1) is 27.5. The Morgan fingerprint density at radius 1 is 1.11 bits per heavy atom. The SMILES string of the molecule is COc1ccc(CNc2ccc(N3CCC(N)CC3)c(C(=O)N(CC3CC3)OC(=O)C(F)(F)F)c2)cc1F. The summed E-state index contributed by atoms with van der Waals surface area (Å²) in [7, 11) is 1.37. The highest BCUT2D eigenvalue weighted by atomic mass is 19.4. The summed E-state index contributed by atoms with van der Waals surface area (Å²) in [4.78, 5) is 31.7. The van der Waals surface area contributed by atoms with Gasteiger partial charge in [0, 0.05) is 37.1 Å². The third kappa shape index (κ3) is 6.85. The molecule has 38 heavy (non-hydrogen) atoms. The van der Waals surface area contributed by atoms with Crippen LogP contribution in [-0.2, 0) is 16.2 Å². The maximum atomic E-state index is 14.1. The molecule has 1 aliphatic heterocycles. The molecular formula is C26H30F4N4O4. The van der Waals surface area contributed by atoms with E-state index in [4.69, 9.17) is 10.5 Å². The molecule has 206 valence electrons. The quantitative estimate of drug-likeness (QED) is 0.383. The van der Waals surface area contributed by atoms with Crippen LogP contribution in [0.25, 0.3) is 0 Å². The predicted octanol–water partition coefficient (Wildman–Crippen LogP) is 4.25. The number of hydrogen-bond acceptors (Lipinski definition) is 7. The standard InChI is InChI=1S/C26H30F4N4O4/c1-37-23-7-4-17(12-21(23)27)14-32-19-5-6-22(33-10-8-18(31)9-11-33)20(13-19)24(35)34(15-16-2-3-16)38-25(36)26(28,29)30/h4-7,12-13,16,18,32H,2-3,8-11,14-15,31H2,1H3. The van der Waals surface area contributed by atoms with Crippen LogP contribution < -0.4 is 20.7 Å². The van der Waals surface area contributed by atoms with Crippen molar-refractivity contribution in [3.63, 3.8) is 0 Å². The average Bonchev–Trinajstić information content (AvgIpc) is 3.70. The van der Waals surface area contributed by atoms with E-state index in [-0.39, 0.29) is 36.4 Å². The lowest BCUT2D eigenvalue weighted by Gasteiger charge is -2.34.